The van der Waals surface area contributed by atoms with Gasteiger partial charge < -0.3 is 10.1 Å². The number of carbonyl (C=O) groups excluding carboxylic acids is 1. The number of nitrogens with one attached hydrogen (secondary N) is 1. The molecule has 6 nitrogen and oxygen atoms in total. The summed E-state index contributed by atoms with van der Waals surface area (Å²) in [4.78, 5) is 30.4. The lowest BCUT2D eigenvalue weighted by atomic mass is 10.1. The van der Waals surface area contributed by atoms with E-state index < -0.39 is 6.04 Å². The Morgan fingerprint density at radius 3 is 2.79 bits per heavy atom. The van der Waals surface area contributed by atoms with Gasteiger partial charge in [-0.05, 0) is 43.2 Å². The van der Waals surface area contributed by atoms with E-state index in [1.165, 1.54) is 11.3 Å². The molecule has 4 aromatic rings. The Bertz CT molecular complexity index is 1280. The van der Waals surface area contributed by atoms with Gasteiger partial charge in [-0.1, -0.05) is 36.5 Å². The second-order valence-electron chi connectivity index (χ2n) is 6.82. The quantitative estimate of drug-likeness (QED) is 0.528. The van der Waals surface area contributed by atoms with Gasteiger partial charge in [-0.3, -0.25) is 14.2 Å². The molecule has 29 heavy (non-hydrogen) atoms. The number of hydrogen-bond acceptors (Lipinski definition) is 5. The lowest BCUT2D eigenvalue weighted by molar-refractivity contribution is -0.119. The van der Waals surface area contributed by atoms with Crippen LogP contribution in [0, 0.1) is 6.92 Å². The first-order chi connectivity index (χ1) is 14.0. The van der Waals surface area contributed by atoms with Crippen molar-refractivity contribution in [3.63, 3.8) is 0 Å². The van der Waals surface area contributed by atoms with Crippen LogP contribution in [0.15, 0.2) is 53.3 Å². The highest BCUT2D eigenvalue weighted by Gasteiger charge is 2.23. The number of methoxy groups -OCH3 is 1. The van der Waals surface area contributed by atoms with Gasteiger partial charge >= 0.3 is 0 Å². The van der Waals surface area contributed by atoms with Crippen LogP contribution >= 0.6 is 11.3 Å². The van der Waals surface area contributed by atoms with E-state index in [0.717, 1.165) is 32.4 Å². The molecule has 1 amide bonds. The van der Waals surface area contributed by atoms with Gasteiger partial charge in [0.05, 0.1) is 22.8 Å². The van der Waals surface area contributed by atoms with E-state index in [0.29, 0.717) is 11.6 Å². The van der Waals surface area contributed by atoms with Crippen molar-refractivity contribution in [3.8, 4) is 5.75 Å². The van der Waals surface area contributed by atoms with Gasteiger partial charge in [0.15, 0.2) is 5.13 Å². The third kappa shape index (κ3) is 3.49. The van der Waals surface area contributed by atoms with Crippen LogP contribution < -0.4 is 15.6 Å². The molecule has 0 saturated heterocycles. The summed E-state index contributed by atoms with van der Waals surface area (Å²) in [5.41, 5.74) is 2.26. The molecule has 0 saturated carbocycles. The highest BCUT2D eigenvalue weighted by molar-refractivity contribution is 7.22. The summed E-state index contributed by atoms with van der Waals surface area (Å²) in [6.45, 7) is 3.80. The van der Waals surface area contributed by atoms with Gasteiger partial charge in [-0.2, -0.15) is 0 Å². The van der Waals surface area contributed by atoms with Crippen LogP contribution in [-0.4, -0.2) is 22.6 Å². The number of para-hydroxylation sites is 1. The summed E-state index contributed by atoms with van der Waals surface area (Å²) in [6.07, 6.45) is 0.484. The molecule has 2 heterocycles. The van der Waals surface area contributed by atoms with E-state index >= 15 is 0 Å². The number of thiazole rings is 1. The SMILES string of the molecule is CCC(C(=O)Nc1nc2ccc(OC)cc2s1)n1c(=O)cc(C)c2ccccc21. The van der Waals surface area contributed by atoms with Gasteiger partial charge in [0, 0.05) is 11.5 Å². The van der Waals surface area contributed by atoms with Crippen molar-refractivity contribution in [1.29, 1.82) is 0 Å². The summed E-state index contributed by atoms with van der Waals surface area (Å²) < 4.78 is 7.74. The molecule has 0 fully saturated rings. The van der Waals surface area contributed by atoms with E-state index in [-0.39, 0.29) is 11.5 Å². The molecule has 1 N–H and O–H groups in total. The van der Waals surface area contributed by atoms with Crippen LogP contribution in [0.4, 0.5) is 5.13 Å². The average molecular weight is 407 g/mol. The number of benzene rings is 2. The van der Waals surface area contributed by atoms with Crippen LogP contribution in [0.1, 0.15) is 24.9 Å². The number of carbonyl (C=O) groups is 1. The van der Waals surface area contributed by atoms with Crippen LogP contribution in [0.5, 0.6) is 5.75 Å². The molecule has 0 aliphatic carbocycles. The predicted octanol–water partition coefficient (Wildman–Crippen LogP) is 4.52. The van der Waals surface area contributed by atoms with Crippen molar-refractivity contribution in [2.75, 3.05) is 12.4 Å². The molecule has 2 aromatic carbocycles. The Kier molecular flexibility index (Phi) is 5.07. The fourth-order valence-electron chi connectivity index (χ4n) is 3.55. The molecule has 0 aliphatic heterocycles. The minimum Gasteiger partial charge on any atom is -0.497 e. The van der Waals surface area contributed by atoms with Crippen LogP contribution in [0.3, 0.4) is 0 Å². The lowest BCUT2D eigenvalue weighted by Gasteiger charge is -2.20. The molecule has 0 spiro atoms. The number of aryl methyl sites for hydroxylation is 1. The second-order valence-corrected chi connectivity index (χ2v) is 7.85. The molecule has 1 atom stereocenters. The molecule has 7 heteroatoms. The summed E-state index contributed by atoms with van der Waals surface area (Å²) in [7, 11) is 1.61. The zero-order chi connectivity index (χ0) is 20.5. The lowest BCUT2D eigenvalue weighted by Crippen LogP contribution is -2.33. The normalized spacial score (nSPS) is 12.2. The number of rotatable bonds is 5. The van der Waals surface area contributed by atoms with E-state index in [9.17, 15) is 9.59 Å². The maximum Gasteiger partial charge on any atom is 0.252 e. The van der Waals surface area contributed by atoms with Gasteiger partial charge in [-0.15, -0.1) is 0 Å². The predicted molar refractivity (Wildman–Crippen MR) is 117 cm³/mol. The van der Waals surface area contributed by atoms with Crippen LogP contribution in [-0.2, 0) is 4.79 Å². The van der Waals surface area contributed by atoms with Crippen LogP contribution in [0.2, 0.25) is 0 Å². The molecule has 1 unspecified atom stereocenters. The number of ether oxygens (including phenoxy) is 1. The maximum absolute atomic E-state index is 13.1. The average Bonchev–Trinajstić information content (AvgIpc) is 3.12. The van der Waals surface area contributed by atoms with Crippen molar-refractivity contribution in [3.05, 3.63) is 64.4 Å². The molecule has 0 radical (unpaired) electrons. The first-order valence-electron chi connectivity index (χ1n) is 9.38. The Morgan fingerprint density at radius 2 is 2.03 bits per heavy atom. The molecule has 2 aromatic heterocycles. The Labute approximate surface area is 171 Å². The fraction of sp³-hybridized carbons (Fsp3) is 0.227. The third-order valence-electron chi connectivity index (χ3n) is 4.99. The number of anilines is 1. The highest BCUT2D eigenvalue weighted by Crippen LogP contribution is 2.30. The maximum atomic E-state index is 13.1. The molecule has 0 bridgehead atoms. The van der Waals surface area contributed by atoms with Gasteiger partial charge in [-0.25, -0.2) is 4.98 Å². The van der Waals surface area contributed by atoms with Gasteiger partial charge in [0.2, 0.25) is 5.91 Å². The topological polar surface area (TPSA) is 73.2 Å². The van der Waals surface area contributed by atoms with Crippen molar-refractivity contribution in [2.24, 2.45) is 0 Å². The molecular weight excluding hydrogens is 386 g/mol. The standard InChI is InChI=1S/C22H21N3O3S/c1-4-17(25-18-8-6-5-7-15(18)13(2)11-20(25)26)21(27)24-22-23-16-10-9-14(28-3)12-19(16)29-22/h5-12,17H,4H2,1-3H3,(H,23,24,27). The van der Waals surface area contributed by atoms with E-state index in [1.807, 2.05) is 56.3 Å². The fourth-order valence-corrected chi connectivity index (χ4v) is 4.45. The number of amides is 1. The summed E-state index contributed by atoms with van der Waals surface area (Å²) in [5, 5.41) is 4.36. The Balaban J connectivity index is 1.71. The van der Waals surface area contributed by atoms with Crippen molar-refractivity contribution < 1.29 is 9.53 Å². The third-order valence-corrected chi connectivity index (χ3v) is 5.93. The summed E-state index contributed by atoms with van der Waals surface area (Å²) in [5.74, 6) is 0.484. The van der Waals surface area contributed by atoms with Gasteiger partial charge in [0.1, 0.15) is 11.8 Å². The monoisotopic (exact) mass is 407 g/mol. The molecular formula is C22H21N3O3S. The Hall–Kier alpha value is -3.19. The number of fused-ring (bicyclic) bond motifs is 2. The number of hydrogen-bond donors (Lipinski definition) is 1. The minimum absolute atomic E-state index is 0.183. The van der Waals surface area contributed by atoms with Crippen molar-refractivity contribution in [1.82, 2.24) is 9.55 Å². The molecule has 4 rings (SSSR count). The van der Waals surface area contributed by atoms with Crippen molar-refractivity contribution >= 4 is 43.5 Å². The second kappa shape index (κ2) is 7.67. The zero-order valence-corrected chi connectivity index (χ0v) is 17.2. The summed E-state index contributed by atoms with van der Waals surface area (Å²) >= 11 is 1.38. The smallest absolute Gasteiger partial charge is 0.252 e. The summed E-state index contributed by atoms with van der Waals surface area (Å²) in [6, 6.07) is 14.2. The molecule has 148 valence electrons. The first-order valence-corrected chi connectivity index (χ1v) is 10.2. The Morgan fingerprint density at radius 1 is 1.24 bits per heavy atom. The molecule has 0 aliphatic rings. The largest absolute Gasteiger partial charge is 0.497 e. The zero-order valence-electron chi connectivity index (χ0n) is 16.4. The first kappa shape index (κ1) is 19.1. The van der Waals surface area contributed by atoms with Crippen molar-refractivity contribution in [2.45, 2.75) is 26.3 Å². The number of nitrogens with zero attached hydrogens (tertiary/aromatic N) is 2. The van der Waals surface area contributed by atoms with E-state index in [1.54, 1.807) is 17.7 Å². The van der Waals surface area contributed by atoms with E-state index in [4.69, 9.17) is 4.74 Å². The van der Waals surface area contributed by atoms with E-state index in [2.05, 4.69) is 10.3 Å². The highest BCUT2D eigenvalue weighted by atomic mass is 32.1. The van der Waals surface area contributed by atoms with Gasteiger partial charge in [0.25, 0.3) is 5.56 Å². The van der Waals surface area contributed by atoms with Crippen LogP contribution in [0.25, 0.3) is 21.1 Å². The number of pyridine rings is 1. The number of aromatic nitrogens is 2. The minimum atomic E-state index is -0.630.